The second-order valence-corrected chi connectivity index (χ2v) is 9.13. The van der Waals surface area contributed by atoms with E-state index in [1.165, 1.54) is 16.8 Å². The molecular weight excluding hydrogens is 396 g/mol. The van der Waals surface area contributed by atoms with Gasteiger partial charge in [-0.3, -0.25) is 0 Å². The number of hydrogen-bond acceptors (Lipinski definition) is 4. The minimum absolute atomic E-state index is 0.287. The third-order valence-corrected chi connectivity index (χ3v) is 7.38. The number of benzene rings is 2. The van der Waals surface area contributed by atoms with Gasteiger partial charge in [0, 0.05) is 52.8 Å². The maximum absolute atomic E-state index is 13.5. The van der Waals surface area contributed by atoms with Gasteiger partial charge in [-0.2, -0.15) is 5.10 Å². The second-order valence-electron chi connectivity index (χ2n) is 7.65. The lowest BCUT2D eigenvalue weighted by Crippen LogP contribution is -2.10. The van der Waals surface area contributed by atoms with Crippen LogP contribution in [0, 0.1) is 0 Å². The van der Waals surface area contributed by atoms with Gasteiger partial charge >= 0.3 is 0 Å². The number of methoxy groups -OCH3 is 1. The Bertz CT molecular complexity index is 1370. The molecule has 2 unspecified atom stereocenters. The SMILES string of the molecule is COc1cc(S(=O)c2cccc(-n3cccn3)c2)cc2c3c(n(C)c12)C1=CNC3C1. The van der Waals surface area contributed by atoms with E-state index in [0.717, 1.165) is 38.6 Å². The molecule has 0 fully saturated rings. The second kappa shape index (κ2) is 6.34. The van der Waals surface area contributed by atoms with Gasteiger partial charge in [0.2, 0.25) is 0 Å². The van der Waals surface area contributed by atoms with E-state index in [9.17, 15) is 4.21 Å². The van der Waals surface area contributed by atoms with E-state index in [1.807, 2.05) is 42.6 Å². The molecule has 6 rings (SSSR count). The van der Waals surface area contributed by atoms with Crippen molar-refractivity contribution in [3.63, 3.8) is 0 Å². The summed E-state index contributed by atoms with van der Waals surface area (Å²) in [5.41, 5.74) is 5.80. The number of nitrogens with zero attached hydrogens (tertiary/aromatic N) is 3. The van der Waals surface area contributed by atoms with Crippen molar-refractivity contribution in [2.45, 2.75) is 22.3 Å². The van der Waals surface area contributed by atoms with E-state index in [1.54, 1.807) is 18.0 Å². The van der Waals surface area contributed by atoms with Crippen LogP contribution < -0.4 is 10.1 Å². The molecule has 0 amide bonds. The summed E-state index contributed by atoms with van der Waals surface area (Å²) in [5, 5.41) is 8.84. The molecular formula is C23H20N4O2S. The third-order valence-electron chi connectivity index (χ3n) is 6.03. The summed E-state index contributed by atoms with van der Waals surface area (Å²) in [5.74, 6) is 0.746. The van der Waals surface area contributed by atoms with E-state index in [2.05, 4.69) is 34.3 Å². The molecule has 150 valence electrons. The molecule has 0 spiro atoms. The van der Waals surface area contributed by atoms with Crippen LogP contribution in [0.15, 0.2) is 70.8 Å². The molecule has 4 aromatic rings. The standard InChI is InChI=1S/C23H20N4O2S/c1-26-22-14-9-19(24-13-14)21(22)18-11-17(12-20(29-2)23(18)26)30(28)16-6-3-5-15(10-16)27-8-4-7-25-27/h3-8,10-13,19,24H,9H2,1-2H3. The Morgan fingerprint density at radius 3 is 2.90 bits per heavy atom. The molecule has 1 aliphatic carbocycles. The summed E-state index contributed by atoms with van der Waals surface area (Å²) in [6.07, 6.45) is 6.73. The highest BCUT2D eigenvalue weighted by molar-refractivity contribution is 7.85. The van der Waals surface area contributed by atoms with Crippen LogP contribution in [0.5, 0.6) is 5.75 Å². The van der Waals surface area contributed by atoms with Gasteiger partial charge in [0.25, 0.3) is 0 Å². The van der Waals surface area contributed by atoms with Crippen molar-refractivity contribution in [3.8, 4) is 11.4 Å². The quantitative estimate of drug-likeness (QED) is 0.548. The highest BCUT2D eigenvalue weighted by Crippen LogP contribution is 2.50. The van der Waals surface area contributed by atoms with Gasteiger partial charge < -0.3 is 14.6 Å². The summed E-state index contributed by atoms with van der Waals surface area (Å²) in [6, 6.07) is 13.8. The lowest BCUT2D eigenvalue weighted by molar-refractivity contribution is 0.416. The molecule has 2 aromatic carbocycles. The van der Waals surface area contributed by atoms with Crippen LogP contribution >= 0.6 is 0 Å². The molecule has 7 heteroatoms. The van der Waals surface area contributed by atoms with E-state index < -0.39 is 10.8 Å². The molecule has 0 saturated carbocycles. The molecule has 0 saturated heterocycles. The first-order valence-corrected chi connectivity index (χ1v) is 11.0. The summed E-state index contributed by atoms with van der Waals surface area (Å²) in [4.78, 5) is 1.47. The molecule has 2 aliphatic rings. The number of rotatable bonds is 4. The van der Waals surface area contributed by atoms with E-state index in [-0.39, 0.29) is 6.04 Å². The average molecular weight is 417 g/mol. The normalized spacial score (nSPS) is 17.7. The zero-order chi connectivity index (χ0) is 20.4. The summed E-state index contributed by atoms with van der Waals surface area (Å²) >= 11 is 0. The van der Waals surface area contributed by atoms with Gasteiger partial charge in [0.15, 0.2) is 0 Å². The van der Waals surface area contributed by atoms with Gasteiger partial charge in [0.05, 0.1) is 40.8 Å². The number of hydrogen-bond donors (Lipinski definition) is 1. The molecule has 3 heterocycles. The smallest absolute Gasteiger partial charge is 0.144 e. The van der Waals surface area contributed by atoms with Crippen molar-refractivity contribution >= 4 is 27.3 Å². The Morgan fingerprint density at radius 2 is 2.10 bits per heavy atom. The van der Waals surface area contributed by atoms with Crippen molar-refractivity contribution in [3.05, 3.63) is 72.3 Å². The molecule has 2 bridgehead atoms. The van der Waals surface area contributed by atoms with Crippen LogP contribution in [0.4, 0.5) is 0 Å². The third kappa shape index (κ3) is 2.35. The molecule has 2 atom stereocenters. The number of ether oxygens (including phenoxy) is 1. The highest BCUT2D eigenvalue weighted by atomic mass is 32.2. The Morgan fingerprint density at radius 1 is 1.20 bits per heavy atom. The minimum atomic E-state index is -1.34. The van der Waals surface area contributed by atoms with E-state index in [4.69, 9.17) is 4.74 Å². The van der Waals surface area contributed by atoms with E-state index >= 15 is 0 Å². The van der Waals surface area contributed by atoms with Crippen molar-refractivity contribution in [2.24, 2.45) is 7.05 Å². The molecule has 2 aromatic heterocycles. The van der Waals surface area contributed by atoms with Gasteiger partial charge in [-0.15, -0.1) is 0 Å². The minimum Gasteiger partial charge on any atom is -0.495 e. The summed E-state index contributed by atoms with van der Waals surface area (Å²) in [6.45, 7) is 0. The highest BCUT2D eigenvalue weighted by Gasteiger charge is 2.36. The Labute approximate surface area is 176 Å². The first-order chi connectivity index (χ1) is 14.7. The lowest BCUT2D eigenvalue weighted by atomic mass is 10.1. The zero-order valence-corrected chi connectivity index (χ0v) is 17.4. The van der Waals surface area contributed by atoms with Gasteiger partial charge in [0.1, 0.15) is 5.75 Å². The Hall–Kier alpha value is -3.32. The summed E-state index contributed by atoms with van der Waals surface area (Å²) in [7, 11) is 2.41. The van der Waals surface area contributed by atoms with Crippen LogP contribution in [0.3, 0.4) is 0 Å². The number of aryl methyl sites for hydroxylation is 1. The van der Waals surface area contributed by atoms with Crippen molar-refractivity contribution in [2.75, 3.05) is 7.11 Å². The van der Waals surface area contributed by atoms with Crippen molar-refractivity contribution < 1.29 is 8.95 Å². The zero-order valence-electron chi connectivity index (χ0n) is 16.6. The molecule has 1 aliphatic heterocycles. The van der Waals surface area contributed by atoms with Crippen LogP contribution in [-0.2, 0) is 17.8 Å². The lowest BCUT2D eigenvalue weighted by Gasteiger charge is -2.12. The van der Waals surface area contributed by atoms with Crippen molar-refractivity contribution in [1.29, 1.82) is 0 Å². The number of nitrogens with one attached hydrogen (secondary N) is 1. The summed E-state index contributed by atoms with van der Waals surface area (Å²) < 4.78 is 23.3. The fourth-order valence-corrected chi connectivity index (χ4v) is 5.89. The largest absolute Gasteiger partial charge is 0.495 e. The predicted octanol–water partition coefficient (Wildman–Crippen LogP) is 3.93. The molecule has 1 N–H and O–H groups in total. The maximum atomic E-state index is 13.5. The fraction of sp³-hybridized carbons (Fsp3) is 0.174. The molecule has 30 heavy (non-hydrogen) atoms. The van der Waals surface area contributed by atoms with Crippen LogP contribution in [-0.4, -0.2) is 25.7 Å². The monoisotopic (exact) mass is 416 g/mol. The first-order valence-electron chi connectivity index (χ1n) is 9.83. The van der Waals surface area contributed by atoms with Crippen LogP contribution in [0.1, 0.15) is 23.7 Å². The molecule has 6 nitrogen and oxygen atoms in total. The van der Waals surface area contributed by atoms with Gasteiger partial charge in [-0.1, -0.05) is 6.07 Å². The Balaban J connectivity index is 1.51. The predicted molar refractivity (Wildman–Crippen MR) is 116 cm³/mol. The van der Waals surface area contributed by atoms with Crippen LogP contribution in [0.25, 0.3) is 22.2 Å². The number of fused-ring (bicyclic) bond motifs is 7. The fourth-order valence-electron chi connectivity index (χ4n) is 4.75. The number of aromatic nitrogens is 3. The van der Waals surface area contributed by atoms with Crippen molar-refractivity contribution in [1.82, 2.24) is 19.7 Å². The van der Waals surface area contributed by atoms with Gasteiger partial charge in [-0.05, 0) is 42.0 Å². The topological polar surface area (TPSA) is 61.1 Å². The first kappa shape index (κ1) is 17.5. The van der Waals surface area contributed by atoms with E-state index in [0.29, 0.717) is 0 Å². The Kier molecular flexibility index (Phi) is 3.70. The maximum Gasteiger partial charge on any atom is 0.144 e. The van der Waals surface area contributed by atoms with Crippen LogP contribution in [0.2, 0.25) is 0 Å². The molecule has 0 radical (unpaired) electrons. The van der Waals surface area contributed by atoms with Gasteiger partial charge in [-0.25, -0.2) is 8.89 Å². The average Bonchev–Trinajstić information content (AvgIpc) is 3.57.